The lowest BCUT2D eigenvalue weighted by Gasteiger charge is -2.30. The van der Waals surface area contributed by atoms with E-state index in [0.29, 0.717) is 22.7 Å². The number of nitrogens with zero attached hydrogens (tertiary/aromatic N) is 4. The van der Waals surface area contributed by atoms with Crippen molar-refractivity contribution in [3.8, 4) is 0 Å². The Labute approximate surface area is 207 Å². The van der Waals surface area contributed by atoms with Crippen LogP contribution in [0.3, 0.4) is 0 Å². The lowest BCUT2D eigenvalue weighted by Crippen LogP contribution is -2.45. The van der Waals surface area contributed by atoms with Gasteiger partial charge in [-0.15, -0.1) is 5.10 Å². The normalized spacial score (nSPS) is 11.9. The van der Waals surface area contributed by atoms with Gasteiger partial charge in [-0.3, -0.25) is 14.5 Å². The van der Waals surface area contributed by atoms with Crippen molar-refractivity contribution in [2.24, 2.45) is 0 Å². The summed E-state index contributed by atoms with van der Waals surface area (Å²) >= 11 is 0. The smallest absolute Gasteiger partial charge is 0.251 e. The summed E-state index contributed by atoms with van der Waals surface area (Å²) in [5.41, 5.74) is 3.91. The zero-order valence-corrected chi connectivity index (χ0v) is 19.9. The molecular formula is C27H25N5O4. The summed E-state index contributed by atoms with van der Waals surface area (Å²) in [7, 11) is 0. The van der Waals surface area contributed by atoms with Gasteiger partial charge >= 0.3 is 0 Å². The lowest BCUT2D eigenvalue weighted by molar-refractivity contribution is -0.127. The Morgan fingerprint density at radius 1 is 0.972 bits per heavy atom. The Balaban J connectivity index is 1.55. The minimum atomic E-state index is -1.06. The highest BCUT2D eigenvalue weighted by Crippen LogP contribution is 2.30. The number of fused-ring (bicyclic) bond motifs is 1. The number of aromatic nitrogens is 3. The van der Waals surface area contributed by atoms with Crippen molar-refractivity contribution in [3.05, 3.63) is 102 Å². The minimum Gasteiger partial charge on any atom is -0.467 e. The molecule has 0 bridgehead atoms. The van der Waals surface area contributed by atoms with Gasteiger partial charge in [-0.1, -0.05) is 23.4 Å². The second kappa shape index (κ2) is 9.91. The summed E-state index contributed by atoms with van der Waals surface area (Å²) in [6.07, 6.45) is 3.02. The van der Waals surface area contributed by atoms with Crippen LogP contribution >= 0.6 is 0 Å². The molecule has 2 amide bonds. The Morgan fingerprint density at radius 3 is 2.44 bits per heavy atom. The summed E-state index contributed by atoms with van der Waals surface area (Å²) in [6.45, 7) is 3.95. The van der Waals surface area contributed by atoms with Crippen LogP contribution in [0.1, 0.15) is 28.7 Å². The number of benzene rings is 2. The van der Waals surface area contributed by atoms with Gasteiger partial charge in [-0.05, 0) is 73.5 Å². The average molecular weight is 484 g/mol. The molecule has 0 saturated heterocycles. The third-order valence-electron chi connectivity index (χ3n) is 5.79. The quantitative estimate of drug-likeness (QED) is 0.352. The van der Waals surface area contributed by atoms with Crippen molar-refractivity contribution < 1.29 is 18.4 Å². The fourth-order valence-corrected chi connectivity index (χ4v) is 4.27. The molecule has 0 saturated carbocycles. The average Bonchev–Trinajstić information content (AvgIpc) is 3.63. The maximum atomic E-state index is 13.9. The molecule has 5 aromatic rings. The van der Waals surface area contributed by atoms with Gasteiger partial charge in [0.25, 0.3) is 5.91 Å². The van der Waals surface area contributed by atoms with E-state index >= 15 is 0 Å². The zero-order valence-electron chi connectivity index (χ0n) is 19.9. The first-order valence-electron chi connectivity index (χ1n) is 11.5. The highest BCUT2D eigenvalue weighted by molar-refractivity contribution is 6.01. The van der Waals surface area contributed by atoms with E-state index in [1.807, 2.05) is 56.3 Å². The molecular weight excluding hydrogens is 458 g/mol. The standard InChI is InChI=1S/C27H25N5O4/c1-18-13-19(2)15-20(14-18)32(25(33)17-31-23-9-4-3-8-22(23)29-30-31)26(24-10-6-12-36-24)27(34)28-16-21-7-5-11-35-21/h3-15,26H,16-17H2,1-2H3,(H,28,34)/t26-/m1/s1. The Morgan fingerprint density at radius 2 is 1.72 bits per heavy atom. The number of aryl methyl sites for hydroxylation is 2. The van der Waals surface area contributed by atoms with E-state index in [9.17, 15) is 9.59 Å². The predicted molar refractivity (Wildman–Crippen MR) is 133 cm³/mol. The summed E-state index contributed by atoms with van der Waals surface area (Å²) in [5.74, 6) is 0.185. The van der Waals surface area contributed by atoms with Gasteiger partial charge in [0.15, 0.2) is 6.04 Å². The predicted octanol–water partition coefficient (Wildman–Crippen LogP) is 4.33. The highest BCUT2D eigenvalue weighted by Gasteiger charge is 2.35. The van der Waals surface area contributed by atoms with E-state index in [2.05, 4.69) is 15.6 Å². The molecule has 1 atom stereocenters. The lowest BCUT2D eigenvalue weighted by atomic mass is 10.1. The van der Waals surface area contributed by atoms with Crippen LogP contribution in [-0.2, 0) is 22.7 Å². The van der Waals surface area contributed by atoms with Crippen LogP contribution in [0.4, 0.5) is 5.69 Å². The van der Waals surface area contributed by atoms with Gasteiger partial charge in [0, 0.05) is 5.69 Å². The van der Waals surface area contributed by atoms with Crippen molar-refractivity contribution in [1.29, 1.82) is 0 Å². The largest absolute Gasteiger partial charge is 0.467 e. The first-order valence-corrected chi connectivity index (χ1v) is 11.5. The monoisotopic (exact) mass is 483 g/mol. The van der Waals surface area contributed by atoms with E-state index in [1.165, 1.54) is 15.8 Å². The van der Waals surface area contributed by atoms with Crippen molar-refractivity contribution in [2.75, 3.05) is 4.90 Å². The van der Waals surface area contributed by atoms with Gasteiger partial charge in [0.2, 0.25) is 5.91 Å². The molecule has 9 nitrogen and oxygen atoms in total. The van der Waals surface area contributed by atoms with E-state index in [0.717, 1.165) is 16.6 Å². The van der Waals surface area contributed by atoms with Gasteiger partial charge in [0.1, 0.15) is 23.6 Å². The van der Waals surface area contributed by atoms with Crippen LogP contribution in [0.15, 0.2) is 88.1 Å². The number of anilines is 1. The van der Waals surface area contributed by atoms with Crippen LogP contribution in [0.5, 0.6) is 0 Å². The third-order valence-corrected chi connectivity index (χ3v) is 5.79. The number of furan rings is 2. The van der Waals surface area contributed by atoms with Gasteiger partial charge in [-0.25, -0.2) is 4.68 Å². The number of hydrogen-bond donors (Lipinski definition) is 1. The Bertz CT molecular complexity index is 1470. The molecule has 5 rings (SSSR count). The molecule has 0 fully saturated rings. The Kier molecular flexibility index (Phi) is 6.36. The maximum absolute atomic E-state index is 13.9. The first kappa shape index (κ1) is 23.1. The van der Waals surface area contributed by atoms with Crippen LogP contribution in [-0.4, -0.2) is 26.8 Å². The number of para-hydroxylation sites is 1. The number of carbonyl (C=O) groups is 2. The van der Waals surface area contributed by atoms with Crippen molar-refractivity contribution in [1.82, 2.24) is 20.3 Å². The van der Waals surface area contributed by atoms with Crippen LogP contribution in [0.2, 0.25) is 0 Å². The minimum absolute atomic E-state index is 0.115. The molecule has 0 aliphatic carbocycles. The number of amides is 2. The molecule has 0 radical (unpaired) electrons. The third kappa shape index (κ3) is 4.76. The SMILES string of the molecule is Cc1cc(C)cc(N(C(=O)Cn2nnc3ccccc32)[C@@H](C(=O)NCc2ccco2)c2ccco2)c1. The molecule has 0 unspecified atom stereocenters. The van der Waals surface area contributed by atoms with Crippen molar-refractivity contribution in [2.45, 2.75) is 33.0 Å². The van der Waals surface area contributed by atoms with E-state index in [4.69, 9.17) is 8.83 Å². The number of rotatable bonds is 8. The maximum Gasteiger partial charge on any atom is 0.251 e. The van der Waals surface area contributed by atoms with Crippen molar-refractivity contribution in [3.63, 3.8) is 0 Å². The summed E-state index contributed by atoms with van der Waals surface area (Å²) in [4.78, 5) is 29.0. The topological polar surface area (TPSA) is 106 Å². The van der Waals surface area contributed by atoms with Crippen LogP contribution < -0.4 is 10.2 Å². The molecule has 0 aliphatic heterocycles. The molecule has 3 aromatic heterocycles. The second-order valence-electron chi connectivity index (χ2n) is 8.56. The summed E-state index contributed by atoms with van der Waals surface area (Å²) in [6, 6.07) is 19.0. The van der Waals surface area contributed by atoms with Crippen molar-refractivity contribution >= 4 is 28.5 Å². The molecule has 3 heterocycles. The molecule has 36 heavy (non-hydrogen) atoms. The first-order chi connectivity index (χ1) is 17.5. The molecule has 1 N–H and O–H groups in total. The van der Waals surface area contributed by atoms with Crippen LogP contribution in [0, 0.1) is 13.8 Å². The van der Waals surface area contributed by atoms with Gasteiger partial charge < -0.3 is 14.2 Å². The number of carbonyl (C=O) groups excluding carboxylic acids is 2. The zero-order chi connectivity index (χ0) is 25.1. The fourth-order valence-electron chi connectivity index (χ4n) is 4.27. The van der Waals surface area contributed by atoms with E-state index < -0.39 is 11.9 Å². The molecule has 182 valence electrons. The van der Waals surface area contributed by atoms with Gasteiger partial charge in [-0.2, -0.15) is 0 Å². The van der Waals surface area contributed by atoms with E-state index in [1.54, 1.807) is 30.5 Å². The molecule has 0 spiro atoms. The molecule has 2 aromatic carbocycles. The summed E-state index contributed by atoms with van der Waals surface area (Å²) < 4.78 is 12.5. The van der Waals surface area contributed by atoms with Gasteiger partial charge in [0.05, 0.1) is 24.6 Å². The highest BCUT2D eigenvalue weighted by atomic mass is 16.3. The molecule has 0 aliphatic rings. The molecule has 9 heteroatoms. The number of hydrogen-bond acceptors (Lipinski definition) is 6. The fraction of sp³-hybridized carbons (Fsp3) is 0.185. The van der Waals surface area contributed by atoms with Crippen LogP contribution in [0.25, 0.3) is 11.0 Å². The second-order valence-corrected chi connectivity index (χ2v) is 8.56. The van der Waals surface area contributed by atoms with E-state index in [-0.39, 0.29) is 19.0 Å². The number of nitrogens with one attached hydrogen (secondary N) is 1. The Hall–Kier alpha value is -4.66. The summed E-state index contributed by atoms with van der Waals surface area (Å²) in [5, 5.41) is 11.2.